The van der Waals surface area contributed by atoms with E-state index < -0.39 is 11.9 Å². The fourth-order valence-corrected chi connectivity index (χ4v) is 2.79. The minimum Gasteiger partial charge on any atom is -0.349 e. The third-order valence-electron chi connectivity index (χ3n) is 3.83. The van der Waals surface area contributed by atoms with Crippen LogP contribution in [0, 0.1) is 11.3 Å². The van der Waals surface area contributed by atoms with Gasteiger partial charge in [0.15, 0.2) is 0 Å². The summed E-state index contributed by atoms with van der Waals surface area (Å²) in [5, 5.41) is 9.16. The third-order valence-corrected chi connectivity index (χ3v) is 3.83. The molecule has 4 nitrogen and oxygen atoms in total. The highest BCUT2D eigenvalue weighted by molar-refractivity contribution is 5.56. The minimum atomic E-state index is -4.53. The maximum absolute atomic E-state index is 12.9. The molecule has 0 bridgehead atoms. The predicted octanol–water partition coefficient (Wildman–Crippen LogP) is 2.68. The van der Waals surface area contributed by atoms with Crippen molar-refractivity contribution in [1.29, 1.82) is 5.26 Å². The summed E-state index contributed by atoms with van der Waals surface area (Å²) in [5.41, 5.74) is 4.90. The van der Waals surface area contributed by atoms with E-state index in [1.807, 2.05) is 13.0 Å². The molecule has 2 atom stereocenters. The summed E-state index contributed by atoms with van der Waals surface area (Å²) in [7, 11) is 0. The Labute approximate surface area is 121 Å². The first-order valence-electron chi connectivity index (χ1n) is 6.85. The van der Waals surface area contributed by atoms with Gasteiger partial charge in [-0.3, -0.25) is 0 Å². The number of hydrogen-bond acceptors (Lipinski definition) is 4. The van der Waals surface area contributed by atoms with Gasteiger partial charge < -0.3 is 10.6 Å². The van der Waals surface area contributed by atoms with E-state index in [4.69, 9.17) is 11.0 Å². The van der Waals surface area contributed by atoms with Crippen molar-refractivity contribution in [3.63, 3.8) is 0 Å². The molecule has 1 saturated heterocycles. The number of nitriles is 1. The number of nitrogens with two attached hydrogens (primary N) is 1. The van der Waals surface area contributed by atoms with Gasteiger partial charge in [-0.2, -0.15) is 18.4 Å². The molecule has 2 unspecified atom stereocenters. The predicted molar refractivity (Wildman–Crippen MR) is 72.6 cm³/mol. The zero-order valence-corrected chi connectivity index (χ0v) is 11.7. The number of halogens is 3. The van der Waals surface area contributed by atoms with Crippen LogP contribution in [0.1, 0.15) is 37.4 Å². The van der Waals surface area contributed by atoms with Crippen LogP contribution in [0.4, 0.5) is 19.0 Å². The molecule has 21 heavy (non-hydrogen) atoms. The highest BCUT2D eigenvalue weighted by atomic mass is 19.4. The summed E-state index contributed by atoms with van der Waals surface area (Å²) >= 11 is 0. The number of pyridine rings is 1. The number of rotatable bonds is 2. The Hall–Kier alpha value is -1.81. The maximum atomic E-state index is 12.9. The van der Waals surface area contributed by atoms with Gasteiger partial charge in [0.05, 0.1) is 5.56 Å². The lowest BCUT2D eigenvalue weighted by atomic mass is 9.95. The lowest BCUT2D eigenvalue weighted by Gasteiger charge is -2.41. The van der Waals surface area contributed by atoms with Crippen molar-refractivity contribution < 1.29 is 13.2 Å². The molecule has 1 aromatic rings. The third kappa shape index (κ3) is 3.10. The van der Waals surface area contributed by atoms with Gasteiger partial charge >= 0.3 is 6.18 Å². The summed E-state index contributed by atoms with van der Waals surface area (Å²) in [6, 6.07) is 3.87. The van der Waals surface area contributed by atoms with Gasteiger partial charge in [-0.05, 0) is 38.3 Å². The van der Waals surface area contributed by atoms with Gasteiger partial charge in [0.1, 0.15) is 17.6 Å². The molecule has 0 amide bonds. The lowest BCUT2D eigenvalue weighted by Crippen LogP contribution is -2.49. The fraction of sp³-hybridized carbons (Fsp3) is 0.571. The SMILES string of the molecule is CC1CCCC(CN)N1c1nc(C(F)(F)F)ccc1C#N. The molecule has 2 N–H and O–H groups in total. The van der Waals surface area contributed by atoms with E-state index in [9.17, 15) is 13.2 Å². The van der Waals surface area contributed by atoms with Gasteiger partial charge in [-0.25, -0.2) is 4.98 Å². The van der Waals surface area contributed by atoms with Crippen molar-refractivity contribution >= 4 is 5.82 Å². The molecule has 0 saturated carbocycles. The first-order valence-corrected chi connectivity index (χ1v) is 6.85. The van der Waals surface area contributed by atoms with E-state index in [1.165, 1.54) is 6.07 Å². The molecule has 0 aliphatic carbocycles. The largest absolute Gasteiger partial charge is 0.433 e. The zero-order valence-electron chi connectivity index (χ0n) is 11.7. The standard InChI is InChI=1S/C14H17F3N4/c1-9-3-2-4-11(8-19)21(9)13-10(7-18)5-6-12(20-13)14(15,16)17/h5-6,9,11H,2-4,8,19H2,1H3. The molecule has 0 radical (unpaired) electrons. The second-order valence-corrected chi connectivity index (χ2v) is 5.25. The highest BCUT2D eigenvalue weighted by Gasteiger charge is 2.36. The Bertz CT molecular complexity index is 550. The number of piperidine rings is 1. The lowest BCUT2D eigenvalue weighted by molar-refractivity contribution is -0.141. The molecular formula is C14H17F3N4. The number of hydrogen-bond donors (Lipinski definition) is 1. The zero-order chi connectivity index (χ0) is 15.6. The molecule has 114 valence electrons. The average Bonchev–Trinajstić information content (AvgIpc) is 2.45. The Morgan fingerprint density at radius 1 is 1.43 bits per heavy atom. The van der Waals surface area contributed by atoms with Crippen LogP contribution in [-0.2, 0) is 6.18 Å². The second-order valence-electron chi connectivity index (χ2n) is 5.25. The van der Waals surface area contributed by atoms with Crippen LogP contribution in [0.15, 0.2) is 12.1 Å². The smallest absolute Gasteiger partial charge is 0.349 e. The van der Waals surface area contributed by atoms with Crippen LogP contribution in [0.3, 0.4) is 0 Å². The molecule has 1 aliphatic heterocycles. The monoisotopic (exact) mass is 298 g/mol. The average molecular weight is 298 g/mol. The van der Waals surface area contributed by atoms with Crippen LogP contribution in [-0.4, -0.2) is 23.6 Å². The number of nitrogens with zero attached hydrogens (tertiary/aromatic N) is 3. The summed E-state index contributed by atoms with van der Waals surface area (Å²) in [6.45, 7) is 2.25. The molecule has 0 aromatic carbocycles. The van der Waals surface area contributed by atoms with E-state index in [2.05, 4.69) is 4.98 Å². The van der Waals surface area contributed by atoms with Crippen LogP contribution in [0.25, 0.3) is 0 Å². The van der Waals surface area contributed by atoms with E-state index in [1.54, 1.807) is 4.90 Å². The quantitative estimate of drug-likeness (QED) is 0.911. The summed E-state index contributed by atoms with van der Waals surface area (Å²) < 4.78 is 38.6. The van der Waals surface area contributed by atoms with Gasteiger partial charge in [-0.15, -0.1) is 0 Å². The first kappa shape index (κ1) is 15.6. The van der Waals surface area contributed by atoms with Crippen molar-refractivity contribution in [1.82, 2.24) is 4.98 Å². The molecule has 1 aromatic heterocycles. The number of anilines is 1. The van der Waals surface area contributed by atoms with Gasteiger partial charge in [0.2, 0.25) is 0 Å². The molecule has 1 fully saturated rings. The molecule has 7 heteroatoms. The van der Waals surface area contributed by atoms with E-state index in [0.717, 1.165) is 25.3 Å². The number of alkyl halides is 3. The Kier molecular flexibility index (Phi) is 4.37. The molecule has 0 spiro atoms. The van der Waals surface area contributed by atoms with Crippen LogP contribution in [0.5, 0.6) is 0 Å². The summed E-state index contributed by atoms with van der Waals surface area (Å²) in [5.74, 6) is 0.0926. The number of aromatic nitrogens is 1. The first-order chi connectivity index (χ1) is 9.88. The highest BCUT2D eigenvalue weighted by Crippen LogP contribution is 2.34. The molecule has 2 rings (SSSR count). The molecular weight excluding hydrogens is 281 g/mol. The van der Waals surface area contributed by atoms with E-state index >= 15 is 0 Å². The van der Waals surface area contributed by atoms with Crippen LogP contribution < -0.4 is 10.6 Å². The Morgan fingerprint density at radius 3 is 2.71 bits per heavy atom. The van der Waals surface area contributed by atoms with Gasteiger partial charge in [0.25, 0.3) is 0 Å². The van der Waals surface area contributed by atoms with Crippen molar-refractivity contribution in [3.8, 4) is 6.07 Å². The minimum absolute atomic E-state index is 0.00961. The Balaban J connectivity index is 2.51. The van der Waals surface area contributed by atoms with Crippen molar-refractivity contribution in [3.05, 3.63) is 23.4 Å². The Morgan fingerprint density at radius 2 is 2.14 bits per heavy atom. The molecule has 2 heterocycles. The molecule has 1 aliphatic rings. The van der Waals surface area contributed by atoms with E-state index in [-0.39, 0.29) is 23.5 Å². The fourth-order valence-electron chi connectivity index (χ4n) is 2.79. The normalized spacial score (nSPS) is 23.0. The maximum Gasteiger partial charge on any atom is 0.433 e. The van der Waals surface area contributed by atoms with Crippen molar-refractivity contribution in [2.45, 2.75) is 44.4 Å². The van der Waals surface area contributed by atoms with E-state index in [0.29, 0.717) is 6.54 Å². The van der Waals surface area contributed by atoms with Crippen molar-refractivity contribution in [2.24, 2.45) is 5.73 Å². The van der Waals surface area contributed by atoms with Gasteiger partial charge in [-0.1, -0.05) is 0 Å². The summed E-state index contributed by atoms with van der Waals surface area (Å²) in [6.07, 6.45) is -1.91. The summed E-state index contributed by atoms with van der Waals surface area (Å²) in [4.78, 5) is 5.49. The topological polar surface area (TPSA) is 65.9 Å². The second kappa shape index (κ2) is 5.90. The van der Waals surface area contributed by atoms with Crippen LogP contribution in [0.2, 0.25) is 0 Å². The van der Waals surface area contributed by atoms with Gasteiger partial charge in [0, 0.05) is 18.6 Å². The van der Waals surface area contributed by atoms with Crippen molar-refractivity contribution in [2.75, 3.05) is 11.4 Å². The van der Waals surface area contributed by atoms with Crippen LogP contribution >= 0.6 is 0 Å².